The van der Waals surface area contributed by atoms with E-state index in [0.29, 0.717) is 19.5 Å². The lowest BCUT2D eigenvalue weighted by molar-refractivity contribution is -0.176. The third-order valence-corrected chi connectivity index (χ3v) is 5.89. The highest BCUT2D eigenvalue weighted by Crippen LogP contribution is 2.34. The van der Waals surface area contributed by atoms with Crippen molar-refractivity contribution in [2.75, 3.05) is 26.7 Å². The second kappa shape index (κ2) is 7.66. The molecule has 9 heteroatoms. The van der Waals surface area contributed by atoms with E-state index in [-0.39, 0.29) is 24.6 Å². The molecule has 0 saturated carbocycles. The van der Waals surface area contributed by atoms with Crippen molar-refractivity contribution in [2.45, 2.75) is 49.5 Å². The van der Waals surface area contributed by atoms with Crippen LogP contribution in [0.3, 0.4) is 0 Å². The van der Waals surface area contributed by atoms with Crippen molar-refractivity contribution in [1.29, 1.82) is 0 Å². The summed E-state index contributed by atoms with van der Waals surface area (Å²) in [6, 6.07) is 9.44. The summed E-state index contributed by atoms with van der Waals surface area (Å²) < 4.78 is 28.3. The molecule has 1 unspecified atom stereocenters. The van der Waals surface area contributed by atoms with Crippen molar-refractivity contribution in [3.8, 4) is 0 Å². The number of carbonyl (C=O) groups excluding carboxylic acids is 2. The molecule has 5 rings (SSSR count). The van der Waals surface area contributed by atoms with E-state index < -0.39 is 36.9 Å². The molecule has 0 aliphatic carbocycles. The minimum Gasteiger partial charge on any atom is -0.467 e. The summed E-state index contributed by atoms with van der Waals surface area (Å²) >= 11 is 0. The third-order valence-electron chi connectivity index (χ3n) is 5.89. The lowest BCUT2D eigenvalue weighted by Gasteiger charge is -2.40. The number of nitrogens with zero attached hydrogens (tertiary/aromatic N) is 1. The molecule has 1 N–H and O–H groups in total. The molecule has 1 aromatic rings. The highest BCUT2D eigenvalue weighted by molar-refractivity contribution is 5.83. The van der Waals surface area contributed by atoms with E-state index in [4.69, 9.17) is 23.7 Å². The highest BCUT2D eigenvalue weighted by Gasteiger charge is 2.55. The van der Waals surface area contributed by atoms with E-state index in [1.54, 1.807) is 4.90 Å². The number of hydrogen-bond acceptors (Lipinski definition) is 8. The Kier molecular flexibility index (Phi) is 5.00. The van der Waals surface area contributed by atoms with Crippen LogP contribution in [-0.2, 0) is 39.7 Å². The maximum atomic E-state index is 13.5. The van der Waals surface area contributed by atoms with Gasteiger partial charge in [0.2, 0.25) is 0 Å². The van der Waals surface area contributed by atoms with Gasteiger partial charge in [-0.15, -0.1) is 0 Å². The molecule has 4 bridgehead atoms. The normalized spacial score (nSPS) is 38.1. The number of morpholine rings is 2. The Morgan fingerprint density at radius 3 is 2.66 bits per heavy atom. The fourth-order valence-electron chi connectivity index (χ4n) is 4.47. The Labute approximate surface area is 168 Å². The fourth-order valence-corrected chi connectivity index (χ4v) is 4.47. The van der Waals surface area contributed by atoms with Gasteiger partial charge in [0.15, 0.2) is 24.8 Å². The van der Waals surface area contributed by atoms with Crippen LogP contribution < -0.4 is 5.32 Å². The number of methoxy groups -OCH3 is 1. The molecule has 4 fully saturated rings. The van der Waals surface area contributed by atoms with Crippen LogP contribution in [0, 0.1) is 0 Å². The standard InChI is InChI=1S/C20H24N2O7/c1-25-19(24)17-14-10-22(18(23)16-13-8-21-9-15(26-13)28-16)12(20(27-14)29-17)7-11-5-3-2-4-6-11/h2-6,12-17,20-21H,7-10H2,1H3/t12?,13-,14-,15-,16-,17-,20-/m1/s1. The zero-order valence-corrected chi connectivity index (χ0v) is 16.1. The van der Waals surface area contributed by atoms with Gasteiger partial charge in [0.1, 0.15) is 12.2 Å². The van der Waals surface area contributed by atoms with Gasteiger partial charge in [-0.25, -0.2) is 4.79 Å². The molecule has 7 atom stereocenters. The molecule has 29 heavy (non-hydrogen) atoms. The van der Waals surface area contributed by atoms with Crippen LogP contribution in [0.1, 0.15) is 5.56 Å². The first-order chi connectivity index (χ1) is 14.1. The average Bonchev–Trinajstić information content (AvgIpc) is 3.26. The van der Waals surface area contributed by atoms with Crippen LogP contribution >= 0.6 is 0 Å². The van der Waals surface area contributed by atoms with E-state index in [1.807, 2.05) is 30.3 Å². The van der Waals surface area contributed by atoms with Crippen LogP contribution in [0.4, 0.5) is 0 Å². The molecule has 4 aliphatic rings. The van der Waals surface area contributed by atoms with Crippen LogP contribution in [-0.4, -0.2) is 86.6 Å². The van der Waals surface area contributed by atoms with Gasteiger partial charge >= 0.3 is 5.97 Å². The molecule has 1 aromatic carbocycles. The van der Waals surface area contributed by atoms with E-state index in [0.717, 1.165) is 5.56 Å². The van der Waals surface area contributed by atoms with Crippen molar-refractivity contribution < 1.29 is 33.3 Å². The summed E-state index contributed by atoms with van der Waals surface area (Å²) in [7, 11) is 1.31. The number of fused-ring (bicyclic) bond motifs is 4. The maximum Gasteiger partial charge on any atom is 0.337 e. The molecule has 1 amide bonds. The quantitative estimate of drug-likeness (QED) is 0.667. The first-order valence-corrected chi connectivity index (χ1v) is 9.89. The fraction of sp³-hybridized carbons (Fsp3) is 0.600. The third kappa shape index (κ3) is 3.43. The summed E-state index contributed by atoms with van der Waals surface area (Å²) in [5, 5.41) is 3.21. The molecule has 156 valence electrons. The zero-order chi connectivity index (χ0) is 20.0. The molecule has 0 aromatic heterocycles. The average molecular weight is 404 g/mol. The minimum atomic E-state index is -0.845. The minimum absolute atomic E-state index is 0.158. The topological polar surface area (TPSA) is 95.6 Å². The molecule has 4 heterocycles. The molecular weight excluding hydrogens is 380 g/mol. The number of rotatable bonds is 4. The van der Waals surface area contributed by atoms with E-state index in [2.05, 4.69) is 5.32 Å². The number of amides is 1. The van der Waals surface area contributed by atoms with Crippen molar-refractivity contribution in [3.63, 3.8) is 0 Å². The van der Waals surface area contributed by atoms with Gasteiger partial charge in [-0.05, 0) is 12.0 Å². The van der Waals surface area contributed by atoms with E-state index >= 15 is 0 Å². The van der Waals surface area contributed by atoms with Gasteiger partial charge in [0.05, 0.1) is 19.7 Å². The van der Waals surface area contributed by atoms with Crippen LogP contribution in [0.15, 0.2) is 30.3 Å². The summed E-state index contributed by atoms with van der Waals surface area (Å²) in [6.07, 6.45) is -2.99. The molecule has 4 aliphatic heterocycles. The summed E-state index contributed by atoms with van der Waals surface area (Å²) in [5.41, 5.74) is 1.05. The Bertz CT molecular complexity index is 775. The molecular formula is C20H24N2O7. The van der Waals surface area contributed by atoms with Gasteiger partial charge < -0.3 is 33.9 Å². The number of nitrogens with one attached hydrogen (secondary N) is 1. The van der Waals surface area contributed by atoms with Gasteiger partial charge in [0, 0.05) is 13.1 Å². The number of ether oxygens (including phenoxy) is 5. The molecule has 0 spiro atoms. The Morgan fingerprint density at radius 2 is 1.90 bits per heavy atom. The zero-order valence-electron chi connectivity index (χ0n) is 16.1. The Morgan fingerprint density at radius 1 is 1.07 bits per heavy atom. The molecule has 9 nitrogen and oxygen atoms in total. The van der Waals surface area contributed by atoms with Crippen molar-refractivity contribution >= 4 is 11.9 Å². The van der Waals surface area contributed by atoms with Crippen LogP contribution in [0.2, 0.25) is 0 Å². The smallest absolute Gasteiger partial charge is 0.337 e. The van der Waals surface area contributed by atoms with Crippen molar-refractivity contribution in [1.82, 2.24) is 10.2 Å². The van der Waals surface area contributed by atoms with Crippen LogP contribution in [0.5, 0.6) is 0 Å². The molecule has 4 saturated heterocycles. The second-order valence-electron chi connectivity index (χ2n) is 7.69. The lowest BCUT2D eigenvalue weighted by Crippen LogP contribution is -2.59. The largest absolute Gasteiger partial charge is 0.467 e. The van der Waals surface area contributed by atoms with E-state index in [1.165, 1.54) is 7.11 Å². The predicted molar refractivity (Wildman–Crippen MR) is 97.6 cm³/mol. The van der Waals surface area contributed by atoms with Gasteiger partial charge in [-0.1, -0.05) is 30.3 Å². The summed E-state index contributed by atoms with van der Waals surface area (Å²) in [4.78, 5) is 27.3. The highest BCUT2D eigenvalue weighted by atomic mass is 16.8. The number of benzene rings is 1. The second-order valence-corrected chi connectivity index (χ2v) is 7.69. The number of carbonyl (C=O) groups is 2. The van der Waals surface area contributed by atoms with Gasteiger partial charge in [0.25, 0.3) is 5.91 Å². The first kappa shape index (κ1) is 19.0. The Balaban J connectivity index is 1.41. The van der Waals surface area contributed by atoms with E-state index in [9.17, 15) is 9.59 Å². The predicted octanol–water partition coefficient (Wildman–Crippen LogP) is -0.564. The Hall–Kier alpha value is -2.04. The monoisotopic (exact) mass is 404 g/mol. The summed E-state index contributed by atoms with van der Waals surface area (Å²) in [6.45, 7) is 1.36. The maximum absolute atomic E-state index is 13.5. The van der Waals surface area contributed by atoms with Crippen molar-refractivity contribution in [2.24, 2.45) is 0 Å². The van der Waals surface area contributed by atoms with Crippen LogP contribution in [0.25, 0.3) is 0 Å². The van der Waals surface area contributed by atoms with Gasteiger partial charge in [-0.2, -0.15) is 0 Å². The molecule has 0 radical (unpaired) electrons. The number of esters is 1. The van der Waals surface area contributed by atoms with Crippen molar-refractivity contribution in [3.05, 3.63) is 35.9 Å². The number of hydrogen-bond donors (Lipinski definition) is 1. The first-order valence-electron chi connectivity index (χ1n) is 9.89. The summed E-state index contributed by atoms with van der Waals surface area (Å²) in [5.74, 6) is -0.652. The van der Waals surface area contributed by atoms with Gasteiger partial charge in [-0.3, -0.25) is 4.79 Å². The SMILES string of the molecule is COC(=O)[C@@H]1O[C@H]2O[C@@H]1CN(C(=O)[C@@H]1O[C@@H]3CNC[C@H]1O3)C2Cc1ccccc1. The lowest BCUT2D eigenvalue weighted by atomic mass is 10.0.